The van der Waals surface area contributed by atoms with Crippen molar-refractivity contribution in [3.05, 3.63) is 193 Å². The maximum absolute atomic E-state index is 2.26. The van der Waals surface area contributed by atoms with Crippen LogP contribution in [0.3, 0.4) is 0 Å². The molecule has 0 bridgehead atoms. The first kappa shape index (κ1) is 31.0. The fourth-order valence-electron chi connectivity index (χ4n) is 4.76. The Morgan fingerprint density at radius 2 is 0.432 bits per heavy atom. The Labute approximate surface area is 246 Å². The van der Waals surface area contributed by atoms with Crippen molar-refractivity contribution in [3.63, 3.8) is 0 Å². The number of hydrogen-bond acceptors (Lipinski definition) is 0. The fraction of sp³-hybridized carbons (Fsp3) is 0. The average molecular weight is 556 g/mol. The average Bonchev–Trinajstić information content (AvgIpc) is 3.72. The molecule has 0 atom stereocenters. The molecule has 4 aromatic rings. The van der Waals surface area contributed by atoms with Crippen molar-refractivity contribution in [2.24, 2.45) is 0 Å². The van der Waals surface area contributed by atoms with Crippen molar-refractivity contribution < 1.29 is 26.2 Å². The SMILES string of the molecule is [CH3-].[CH]1[CH][CH][CH][CH]1.[CH]1[CH][CH][CH][CH]1.[Zr+4].c1ccc([B-](c2ccccc2)(c2ccccc2)c2ccccc2)cc1. The Bertz CT molecular complexity index is 884. The van der Waals surface area contributed by atoms with Gasteiger partial charge in [0.05, 0.1) is 0 Å². The van der Waals surface area contributed by atoms with E-state index in [1.54, 1.807) is 0 Å². The Hall–Kier alpha value is -2.17. The summed E-state index contributed by atoms with van der Waals surface area (Å²) in [6.45, 7) is 0. The molecule has 0 unspecified atom stereocenters. The first-order valence-electron chi connectivity index (χ1n) is 12.1. The molecule has 2 saturated carbocycles. The summed E-state index contributed by atoms with van der Waals surface area (Å²) < 4.78 is 0. The normalized spacial score (nSPS) is 14.1. The minimum atomic E-state index is -1.22. The molecule has 178 valence electrons. The predicted octanol–water partition coefficient (Wildman–Crippen LogP) is 5.55. The van der Waals surface area contributed by atoms with Crippen LogP contribution < -0.4 is 21.9 Å². The summed E-state index contributed by atoms with van der Waals surface area (Å²) in [5.74, 6) is 0. The molecule has 0 aliphatic heterocycles. The fourth-order valence-corrected chi connectivity index (χ4v) is 4.76. The standard InChI is InChI=1S/C24H20B.2C5H5.CH3.Zr/c1-5-13-21(14-6-1)25(22-15-7-2-8-16-22,23-17-9-3-10-18-23)24-19-11-4-12-20-24;2*1-2-4-5-3-1;;/h1-20H;2*1-5H;1H3;/q-1;;;-1;+4. The summed E-state index contributed by atoms with van der Waals surface area (Å²) >= 11 is 0. The van der Waals surface area contributed by atoms with Crippen molar-refractivity contribution in [2.75, 3.05) is 0 Å². The molecule has 37 heavy (non-hydrogen) atoms. The monoisotopic (exact) mass is 554 g/mol. The number of hydrogen-bond donors (Lipinski definition) is 0. The Kier molecular flexibility index (Phi) is 14.6. The molecule has 0 spiro atoms. The molecule has 10 radical (unpaired) electrons. The Balaban J connectivity index is 0.000000335. The van der Waals surface area contributed by atoms with Crippen molar-refractivity contribution in [3.8, 4) is 0 Å². The van der Waals surface area contributed by atoms with Gasteiger partial charge in [0.25, 0.3) is 0 Å². The molecule has 2 aliphatic carbocycles. The van der Waals surface area contributed by atoms with Gasteiger partial charge in [-0.15, -0.1) is 0 Å². The third-order valence-electron chi connectivity index (χ3n) is 6.31. The van der Waals surface area contributed by atoms with Gasteiger partial charge in [-0.3, -0.25) is 0 Å². The van der Waals surface area contributed by atoms with Gasteiger partial charge in [0.2, 0.25) is 0 Å². The Morgan fingerprint density at radius 3 is 0.595 bits per heavy atom. The second-order valence-corrected chi connectivity index (χ2v) is 8.43. The molecule has 0 amide bonds. The summed E-state index contributed by atoms with van der Waals surface area (Å²) in [7, 11) is 0. The first-order chi connectivity index (χ1) is 17.4. The van der Waals surface area contributed by atoms with E-state index in [4.69, 9.17) is 0 Å². The summed E-state index contributed by atoms with van der Waals surface area (Å²) in [5.41, 5.74) is 5.36. The van der Waals surface area contributed by atoms with Crippen LogP contribution in [0.1, 0.15) is 0 Å². The van der Waals surface area contributed by atoms with Gasteiger partial charge < -0.3 is 7.43 Å². The number of rotatable bonds is 4. The van der Waals surface area contributed by atoms with Crippen LogP contribution in [0.5, 0.6) is 0 Å². The molecule has 0 nitrogen and oxygen atoms in total. The summed E-state index contributed by atoms with van der Waals surface area (Å²) in [5, 5.41) is 0. The zero-order valence-electron chi connectivity index (χ0n) is 21.4. The van der Waals surface area contributed by atoms with Crippen LogP contribution in [0.2, 0.25) is 0 Å². The van der Waals surface area contributed by atoms with Crippen molar-refractivity contribution in [2.45, 2.75) is 0 Å². The third kappa shape index (κ3) is 8.41. The zero-order chi connectivity index (χ0) is 24.0. The van der Waals surface area contributed by atoms with Crippen LogP contribution in [0.15, 0.2) is 121 Å². The van der Waals surface area contributed by atoms with Crippen LogP contribution in [0.25, 0.3) is 0 Å². The van der Waals surface area contributed by atoms with Crippen LogP contribution in [0.4, 0.5) is 0 Å². The molecule has 2 fully saturated rings. The van der Waals surface area contributed by atoms with E-state index in [1.165, 1.54) is 21.9 Å². The van der Waals surface area contributed by atoms with E-state index in [0.717, 1.165) is 0 Å². The topological polar surface area (TPSA) is 0 Å². The van der Waals surface area contributed by atoms with E-state index in [2.05, 4.69) is 121 Å². The van der Waals surface area contributed by atoms with E-state index < -0.39 is 6.15 Å². The molecule has 4 aromatic carbocycles. The summed E-state index contributed by atoms with van der Waals surface area (Å²) in [4.78, 5) is 0. The molecule has 2 heteroatoms. The second kappa shape index (κ2) is 17.4. The molecule has 0 aromatic heterocycles. The minimum Gasteiger partial charge on any atom is -0.358 e. The van der Waals surface area contributed by atoms with E-state index in [0.29, 0.717) is 0 Å². The van der Waals surface area contributed by atoms with Crippen molar-refractivity contribution in [1.29, 1.82) is 0 Å². The van der Waals surface area contributed by atoms with Gasteiger partial charge in [0.1, 0.15) is 6.15 Å². The Morgan fingerprint density at radius 1 is 0.270 bits per heavy atom. The van der Waals surface area contributed by atoms with Gasteiger partial charge in [-0.2, -0.15) is 21.9 Å². The van der Waals surface area contributed by atoms with Gasteiger partial charge in [0.15, 0.2) is 0 Å². The van der Waals surface area contributed by atoms with Crippen LogP contribution in [-0.2, 0) is 26.2 Å². The third-order valence-corrected chi connectivity index (χ3v) is 6.31. The number of benzene rings is 4. The maximum Gasteiger partial charge on any atom is 4.00 e. The van der Waals surface area contributed by atoms with Gasteiger partial charge >= 0.3 is 26.2 Å². The van der Waals surface area contributed by atoms with Gasteiger partial charge in [0, 0.05) is 0 Å². The molecule has 0 N–H and O–H groups in total. The van der Waals surface area contributed by atoms with E-state index in [-0.39, 0.29) is 33.6 Å². The van der Waals surface area contributed by atoms with Crippen LogP contribution >= 0.6 is 0 Å². The molecule has 0 saturated heterocycles. The largest absolute Gasteiger partial charge is 4.00 e. The van der Waals surface area contributed by atoms with Crippen LogP contribution in [-0.4, -0.2) is 6.15 Å². The maximum atomic E-state index is 2.26. The molecule has 2 aliphatic rings. The van der Waals surface area contributed by atoms with Crippen LogP contribution in [0, 0.1) is 71.6 Å². The first-order valence-corrected chi connectivity index (χ1v) is 12.1. The van der Waals surface area contributed by atoms with Crippen molar-refractivity contribution >= 4 is 28.0 Å². The summed E-state index contributed by atoms with van der Waals surface area (Å²) in [6.07, 6.45) is 18.8. The van der Waals surface area contributed by atoms with E-state index in [1.807, 2.05) is 64.2 Å². The zero-order valence-corrected chi connectivity index (χ0v) is 23.9. The van der Waals surface area contributed by atoms with Gasteiger partial charge in [-0.25, -0.2) is 0 Å². The quantitative estimate of drug-likeness (QED) is 0.229. The van der Waals surface area contributed by atoms with E-state index in [9.17, 15) is 0 Å². The predicted molar refractivity (Wildman–Crippen MR) is 159 cm³/mol. The molecular weight excluding hydrogens is 522 g/mol. The van der Waals surface area contributed by atoms with Crippen molar-refractivity contribution in [1.82, 2.24) is 0 Å². The second-order valence-electron chi connectivity index (χ2n) is 8.43. The molecular formula is C35H33BZr+2. The minimum absolute atomic E-state index is 0. The van der Waals surface area contributed by atoms with E-state index >= 15 is 0 Å². The smallest absolute Gasteiger partial charge is 0.358 e. The molecule has 6 rings (SSSR count). The molecule has 0 heterocycles. The van der Waals surface area contributed by atoms with Gasteiger partial charge in [-0.1, -0.05) is 121 Å². The summed E-state index contributed by atoms with van der Waals surface area (Å²) in [6, 6.07) is 43.5. The van der Waals surface area contributed by atoms with Gasteiger partial charge in [-0.05, 0) is 64.2 Å².